The topological polar surface area (TPSA) is 64.2 Å². The van der Waals surface area contributed by atoms with Gasteiger partial charge < -0.3 is 14.7 Å². The van der Waals surface area contributed by atoms with Crippen LogP contribution in [0.25, 0.3) is 0 Å². The van der Waals surface area contributed by atoms with Crippen molar-refractivity contribution < 1.29 is 17.6 Å². The zero-order valence-electron chi connectivity index (χ0n) is 18.2. The number of hydrogen-bond donors (Lipinski definition) is 0. The molecule has 0 spiro atoms. The van der Waals surface area contributed by atoms with Crippen LogP contribution in [0, 0.1) is 12.7 Å². The first-order chi connectivity index (χ1) is 14.2. The number of likely N-dealkylation sites (tertiary alicyclic amines) is 1. The Morgan fingerprint density at radius 1 is 1.17 bits per heavy atom. The summed E-state index contributed by atoms with van der Waals surface area (Å²) in [7, 11) is -0.360. The van der Waals surface area contributed by atoms with Crippen molar-refractivity contribution in [1.82, 2.24) is 19.0 Å². The van der Waals surface area contributed by atoms with Gasteiger partial charge in [-0.3, -0.25) is 0 Å². The average molecular weight is 441 g/mol. The third-order valence-electron chi connectivity index (χ3n) is 6.08. The number of nitrogens with zero attached hydrogens (tertiary/aromatic N) is 4. The number of halogens is 1. The first-order valence-electron chi connectivity index (χ1n) is 10.7. The summed E-state index contributed by atoms with van der Waals surface area (Å²) in [6.07, 6.45) is 4.20. The first-order valence-corrected chi connectivity index (χ1v) is 12.1. The normalized spacial score (nSPS) is 21.0. The van der Waals surface area contributed by atoms with Crippen LogP contribution in [-0.2, 0) is 10.0 Å². The number of amides is 2. The molecule has 0 aromatic heterocycles. The second-order valence-corrected chi connectivity index (χ2v) is 10.4. The average Bonchev–Trinajstić information content (AvgIpc) is 3.21. The predicted octanol–water partition coefficient (Wildman–Crippen LogP) is 2.37. The highest BCUT2D eigenvalue weighted by molar-refractivity contribution is 7.89. The maximum absolute atomic E-state index is 13.9. The maximum atomic E-state index is 13.9. The number of piperidine rings is 1. The van der Waals surface area contributed by atoms with Gasteiger partial charge in [-0.15, -0.1) is 0 Å². The van der Waals surface area contributed by atoms with Crippen molar-refractivity contribution in [2.75, 3.05) is 53.4 Å². The van der Waals surface area contributed by atoms with E-state index in [-0.39, 0.29) is 23.5 Å². The second kappa shape index (κ2) is 9.62. The minimum absolute atomic E-state index is 0.0370. The Balaban J connectivity index is 1.71. The zero-order valence-corrected chi connectivity index (χ0v) is 19.0. The van der Waals surface area contributed by atoms with Crippen molar-refractivity contribution in [2.24, 2.45) is 0 Å². The molecule has 0 aliphatic carbocycles. The lowest BCUT2D eigenvalue weighted by molar-refractivity contribution is 0.134. The van der Waals surface area contributed by atoms with Crippen LogP contribution in [0.15, 0.2) is 23.1 Å². The number of carbonyl (C=O) groups excluding carboxylic acids is 1. The lowest BCUT2D eigenvalue weighted by atomic mass is 10.1. The SMILES string of the molecule is Cc1ccc(S(=O)(=O)N2CCC(N(CCN3CCCCC3)C(=O)N(C)C)C2)cc1F. The summed E-state index contributed by atoms with van der Waals surface area (Å²) in [5.41, 5.74) is 0.411. The first kappa shape index (κ1) is 23.0. The molecule has 2 heterocycles. The van der Waals surface area contributed by atoms with Crippen molar-refractivity contribution in [3.8, 4) is 0 Å². The molecular formula is C21H33FN4O3S. The van der Waals surface area contributed by atoms with Crippen LogP contribution in [0.2, 0.25) is 0 Å². The Labute approximate surface area is 179 Å². The van der Waals surface area contributed by atoms with Gasteiger partial charge >= 0.3 is 6.03 Å². The van der Waals surface area contributed by atoms with Crippen LogP contribution in [0.4, 0.5) is 9.18 Å². The summed E-state index contributed by atoms with van der Waals surface area (Å²) in [5, 5.41) is 0. The van der Waals surface area contributed by atoms with Gasteiger partial charge in [0.05, 0.1) is 4.90 Å². The third kappa shape index (κ3) is 5.12. The van der Waals surface area contributed by atoms with Gasteiger partial charge in [0.1, 0.15) is 5.82 Å². The van der Waals surface area contributed by atoms with Crippen molar-refractivity contribution in [1.29, 1.82) is 0 Å². The molecular weight excluding hydrogens is 407 g/mol. The molecule has 2 aliphatic rings. The standard InChI is InChI=1S/C21H33FN4O3S/c1-17-7-8-19(15-20(17)22)30(28,29)25-12-9-18(16-25)26(21(27)23(2)3)14-13-24-10-5-4-6-11-24/h7-8,15,18H,4-6,9-14,16H2,1-3H3. The molecule has 1 unspecified atom stereocenters. The molecule has 3 rings (SSSR count). The lowest BCUT2D eigenvalue weighted by Gasteiger charge is -2.34. The minimum Gasteiger partial charge on any atom is -0.331 e. The van der Waals surface area contributed by atoms with E-state index in [0.717, 1.165) is 25.7 Å². The Morgan fingerprint density at radius 2 is 1.87 bits per heavy atom. The number of carbonyl (C=O) groups is 1. The van der Waals surface area contributed by atoms with Crippen LogP contribution in [-0.4, -0.2) is 92.9 Å². The van der Waals surface area contributed by atoms with E-state index in [0.29, 0.717) is 25.1 Å². The molecule has 0 bridgehead atoms. The molecule has 0 N–H and O–H groups in total. The minimum atomic E-state index is -3.79. The van der Waals surface area contributed by atoms with Crippen molar-refractivity contribution >= 4 is 16.1 Å². The summed E-state index contributed by atoms with van der Waals surface area (Å²) >= 11 is 0. The maximum Gasteiger partial charge on any atom is 0.319 e. The van der Waals surface area contributed by atoms with E-state index in [1.165, 1.54) is 35.7 Å². The predicted molar refractivity (Wildman–Crippen MR) is 114 cm³/mol. The van der Waals surface area contributed by atoms with E-state index in [1.807, 2.05) is 0 Å². The Kier molecular flexibility index (Phi) is 7.36. The summed E-state index contributed by atoms with van der Waals surface area (Å²) < 4.78 is 41.3. The van der Waals surface area contributed by atoms with E-state index >= 15 is 0 Å². The van der Waals surface area contributed by atoms with Crippen molar-refractivity contribution in [3.63, 3.8) is 0 Å². The fraction of sp³-hybridized carbons (Fsp3) is 0.667. The van der Waals surface area contributed by atoms with Gasteiger partial charge in [0, 0.05) is 46.3 Å². The lowest BCUT2D eigenvalue weighted by Crippen LogP contribution is -2.50. The van der Waals surface area contributed by atoms with Crippen LogP contribution in [0.3, 0.4) is 0 Å². The number of hydrogen-bond acceptors (Lipinski definition) is 4. The molecule has 9 heteroatoms. The fourth-order valence-corrected chi connectivity index (χ4v) is 5.69. The Hall–Kier alpha value is -1.71. The Morgan fingerprint density at radius 3 is 2.50 bits per heavy atom. The number of benzene rings is 1. The quantitative estimate of drug-likeness (QED) is 0.681. The largest absolute Gasteiger partial charge is 0.331 e. The molecule has 2 aliphatic heterocycles. The summed E-state index contributed by atoms with van der Waals surface area (Å²) in [4.78, 5) is 18.5. The third-order valence-corrected chi connectivity index (χ3v) is 7.94. The van der Waals surface area contributed by atoms with E-state index in [9.17, 15) is 17.6 Å². The van der Waals surface area contributed by atoms with Crippen LogP contribution >= 0.6 is 0 Å². The van der Waals surface area contributed by atoms with Crippen molar-refractivity contribution in [2.45, 2.75) is 43.5 Å². The Bertz CT molecular complexity index is 856. The number of aryl methyl sites for hydroxylation is 1. The molecule has 1 atom stereocenters. The highest BCUT2D eigenvalue weighted by Gasteiger charge is 2.37. The molecule has 0 saturated carbocycles. The fourth-order valence-electron chi connectivity index (χ4n) is 4.19. The van der Waals surface area contributed by atoms with Gasteiger partial charge in [0.25, 0.3) is 0 Å². The van der Waals surface area contributed by atoms with E-state index in [4.69, 9.17) is 0 Å². The number of sulfonamides is 1. The number of urea groups is 1. The molecule has 2 saturated heterocycles. The van der Waals surface area contributed by atoms with Crippen LogP contribution in [0.1, 0.15) is 31.2 Å². The van der Waals surface area contributed by atoms with E-state index < -0.39 is 15.8 Å². The molecule has 168 valence electrons. The highest BCUT2D eigenvalue weighted by Crippen LogP contribution is 2.25. The van der Waals surface area contributed by atoms with Crippen molar-refractivity contribution in [3.05, 3.63) is 29.6 Å². The summed E-state index contributed by atoms with van der Waals surface area (Å²) in [6.45, 7) is 5.63. The van der Waals surface area contributed by atoms with Gasteiger partial charge in [-0.25, -0.2) is 17.6 Å². The van der Waals surface area contributed by atoms with E-state index in [2.05, 4.69) is 4.90 Å². The molecule has 0 radical (unpaired) electrons. The second-order valence-electron chi connectivity index (χ2n) is 8.49. The van der Waals surface area contributed by atoms with Crippen LogP contribution in [0.5, 0.6) is 0 Å². The summed E-state index contributed by atoms with van der Waals surface area (Å²) in [6, 6.07) is 3.72. The smallest absolute Gasteiger partial charge is 0.319 e. The molecule has 30 heavy (non-hydrogen) atoms. The summed E-state index contributed by atoms with van der Waals surface area (Å²) in [5.74, 6) is -0.530. The number of rotatable bonds is 6. The molecule has 2 amide bonds. The monoisotopic (exact) mass is 440 g/mol. The van der Waals surface area contributed by atoms with E-state index in [1.54, 1.807) is 30.8 Å². The van der Waals surface area contributed by atoms with Gasteiger partial charge in [-0.1, -0.05) is 12.5 Å². The van der Waals surface area contributed by atoms with Gasteiger partial charge in [0.15, 0.2) is 0 Å². The zero-order chi connectivity index (χ0) is 21.9. The molecule has 2 fully saturated rings. The van der Waals surface area contributed by atoms with Gasteiger partial charge in [-0.2, -0.15) is 4.31 Å². The highest BCUT2D eigenvalue weighted by atomic mass is 32.2. The molecule has 1 aromatic carbocycles. The van der Waals surface area contributed by atoms with Gasteiger partial charge in [-0.05, 0) is 57.0 Å². The van der Waals surface area contributed by atoms with Gasteiger partial charge in [0.2, 0.25) is 10.0 Å². The molecule has 1 aromatic rings. The van der Waals surface area contributed by atoms with Crippen LogP contribution < -0.4 is 0 Å². The molecule has 7 nitrogen and oxygen atoms in total.